The van der Waals surface area contributed by atoms with Crippen LogP contribution in [0.25, 0.3) is 11.1 Å². The van der Waals surface area contributed by atoms with Gasteiger partial charge in [0.2, 0.25) is 5.91 Å². The van der Waals surface area contributed by atoms with E-state index in [-0.39, 0.29) is 23.8 Å². The van der Waals surface area contributed by atoms with Crippen LogP contribution in [-0.4, -0.2) is 25.8 Å². The number of nitrogens with two attached hydrogens (primary N) is 1. The van der Waals surface area contributed by atoms with Gasteiger partial charge in [-0.1, -0.05) is 35.5 Å². The number of nitrogen functional groups attached to an aromatic ring is 1. The minimum atomic E-state index is -0.430. The Balaban J connectivity index is 1.29. The fourth-order valence-corrected chi connectivity index (χ4v) is 3.53. The summed E-state index contributed by atoms with van der Waals surface area (Å²) in [5.41, 5.74) is 10.2. The number of carbonyl (C=O) groups excluding carboxylic acids is 1. The van der Waals surface area contributed by atoms with Crippen LogP contribution in [0.1, 0.15) is 17.7 Å². The Labute approximate surface area is 200 Å². The van der Waals surface area contributed by atoms with Crippen molar-refractivity contribution in [2.45, 2.75) is 25.8 Å². The predicted molar refractivity (Wildman–Crippen MR) is 130 cm³/mol. The molecule has 1 heterocycles. The van der Waals surface area contributed by atoms with Gasteiger partial charge in [-0.25, -0.2) is 4.39 Å². The first kappa shape index (κ1) is 23.6. The van der Waals surface area contributed by atoms with Gasteiger partial charge in [0, 0.05) is 37.7 Å². The second kappa shape index (κ2) is 10.6. The molecule has 0 radical (unpaired) electrons. The van der Waals surface area contributed by atoms with E-state index in [4.69, 9.17) is 5.73 Å². The minimum absolute atomic E-state index is 0.0546. The molecule has 0 atom stereocenters. The van der Waals surface area contributed by atoms with E-state index in [9.17, 15) is 19.3 Å². The number of nitro groups is 1. The molecular formula is C25H23FN6O3. The molecule has 0 aliphatic heterocycles. The smallest absolute Gasteiger partial charge is 0.269 e. The predicted octanol–water partition coefficient (Wildman–Crippen LogP) is 4.39. The standard InChI is InChI=1S/C25H23FN6O3/c26-20-6-3-18(4-7-20)19-5-11-23(27)24(15-19)28-25(33)12-8-21-16-31(30-29-21)14-13-17-1-9-22(10-2-17)32(34)35/h1-7,9-11,15-16H,8,12-14,27H2,(H,28,33). The maximum absolute atomic E-state index is 13.2. The molecule has 4 rings (SSSR count). The van der Waals surface area contributed by atoms with Crippen LogP contribution in [0.15, 0.2) is 72.9 Å². The van der Waals surface area contributed by atoms with Crippen molar-refractivity contribution in [3.05, 3.63) is 100 Å². The summed E-state index contributed by atoms with van der Waals surface area (Å²) in [6.07, 6.45) is 3.02. The zero-order chi connectivity index (χ0) is 24.8. The van der Waals surface area contributed by atoms with Crippen LogP contribution in [0.3, 0.4) is 0 Å². The van der Waals surface area contributed by atoms with Gasteiger partial charge in [0.25, 0.3) is 5.69 Å². The molecule has 1 amide bonds. The number of aryl methyl sites for hydroxylation is 3. The second-order valence-electron chi connectivity index (χ2n) is 8.00. The summed E-state index contributed by atoms with van der Waals surface area (Å²) in [5, 5.41) is 21.8. The fraction of sp³-hybridized carbons (Fsp3) is 0.160. The molecule has 0 fully saturated rings. The first-order chi connectivity index (χ1) is 16.9. The number of benzene rings is 3. The molecule has 3 N–H and O–H groups in total. The van der Waals surface area contributed by atoms with E-state index in [0.717, 1.165) is 16.7 Å². The number of rotatable bonds is 9. The molecule has 0 aliphatic rings. The number of amides is 1. The summed E-state index contributed by atoms with van der Waals surface area (Å²) in [7, 11) is 0. The maximum Gasteiger partial charge on any atom is 0.269 e. The van der Waals surface area contributed by atoms with Gasteiger partial charge in [-0.15, -0.1) is 5.10 Å². The molecule has 4 aromatic rings. The zero-order valence-corrected chi connectivity index (χ0v) is 18.7. The van der Waals surface area contributed by atoms with Crippen molar-refractivity contribution in [2.75, 3.05) is 11.1 Å². The number of aromatic nitrogens is 3. The zero-order valence-electron chi connectivity index (χ0n) is 18.7. The van der Waals surface area contributed by atoms with E-state index in [1.807, 2.05) is 6.07 Å². The van der Waals surface area contributed by atoms with Gasteiger partial charge in [0.15, 0.2) is 0 Å². The summed E-state index contributed by atoms with van der Waals surface area (Å²) >= 11 is 0. The van der Waals surface area contributed by atoms with E-state index in [1.165, 1.54) is 24.3 Å². The normalized spacial score (nSPS) is 10.8. The Kier molecular flexibility index (Phi) is 7.10. The summed E-state index contributed by atoms with van der Waals surface area (Å²) in [6, 6.07) is 17.7. The van der Waals surface area contributed by atoms with Crippen LogP contribution in [0, 0.1) is 15.9 Å². The van der Waals surface area contributed by atoms with Crippen LogP contribution in [0.4, 0.5) is 21.5 Å². The number of halogens is 1. The number of anilines is 2. The second-order valence-corrected chi connectivity index (χ2v) is 8.00. The topological polar surface area (TPSA) is 129 Å². The summed E-state index contributed by atoms with van der Waals surface area (Å²) in [4.78, 5) is 22.8. The fourth-order valence-electron chi connectivity index (χ4n) is 3.53. The third kappa shape index (κ3) is 6.26. The molecule has 1 aromatic heterocycles. The number of nitro benzene ring substituents is 1. The molecule has 0 aliphatic carbocycles. The molecule has 10 heteroatoms. The number of non-ortho nitro benzene ring substituents is 1. The molecule has 0 bridgehead atoms. The van der Waals surface area contributed by atoms with Crippen molar-refractivity contribution in [1.29, 1.82) is 0 Å². The Bertz CT molecular complexity index is 1340. The summed E-state index contributed by atoms with van der Waals surface area (Å²) in [5.74, 6) is -0.533. The minimum Gasteiger partial charge on any atom is -0.397 e. The average Bonchev–Trinajstić information content (AvgIpc) is 3.31. The van der Waals surface area contributed by atoms with Crippen molar-refractivity contribution < 1.29 is 14.1 Å². The van der Waals surface area contributed by atoms with Gasteiger partial charge in [-0.3, -0.25) is 19.6 Å². The maximum atomic E-state index is 13.2. The van der Waals surface area contributed by atoms with Gasteiger partial charge in [0.05, 0.1) is 22.0 Å². The van der Waals surface area contributed by atoms with Crippen molar-refractivity contribution >= 4 is 23.0 Å². The van der Waals surface area contributed by atoms with E-state index in [1.54, 1.807) is 47.3 Å². The highest BCUT2D eigenvalue weighted by Gasteiger charge is 2.10. The van der Waals surface area contributed by atoms with Crippen molar-refractivity contribution in [1.82, 2.24) is 15.0 Å². The lowest BCUT2D eigenvalue weighted by Crippen LogP contribution is -2.13. The molecule has 0 spiro atoms. The number of hydrogen-bond donors (Lipinski definition) is 2. The van der Waals surface area contributed by atoms with E-state index >= 15 is 0 Å². The van der Waals surface area contributed by atoms with Crippen LogP contribution in [0.5, 0.6) is 0 Å². The molecule has 0 saturated heterocycles. The largest absolute Gasteiger partial charge is 0.397 e. The first-order valence-electron chi connectivity index (χ1n) is 10.9. The van der Waals surface area contributed by atoms with Crippen molar-refractivity contribution in [3.63, 3.8) is 0 Å². The van der Waals surface area contributed by atoms with Crippen molar-refractivity contribution in [2.24, 2.45) is 0 Å². The van der Waals surface area contributed by atoms with Gasteiger partial charge in [-0.2, -0.15) is 0 Å². The molecule has 0 unspecified atom stereocenters. The van der Waals surface area contributed by atoms with Crippen LogP contribution >= 0.6 is 0 Å². The highest BCUT2D eigenvalue weighted by Crippen LogP contribution is 2.27. The lowest BCUT2D eigenvalue weighted by atomic mass is 10.0. The molecule has 3 aromatic carbocycles. The summed E-state index contributed by atoms with van der Waals surface area (Å²) in [6.45, 7) is 0.559. The lowest BCUT2D eigenvalue weighted by Gasteiger charge is -2.10. The van der Waals surface area contributed by atoms with Gasteiger partial charge >= 0.3 is 0 Å². The lowest BCUT2D eigenvalue weighted by molar-refractivity contribution is -0.384. The molecular weight excluding hydrogens is 451 g/mol. The number of carbonyl (C=O) groups is 1. The molecule has 9 nitrogen and oxygen atoms in total. The van der Waals surface area contributed by atoms with E-state index in [0.29, 0.717) is 36.5 Å². The Morgan fingerprint density at radius 2 is 1.74 bits per heavy atom. The monoisotopic (exact) mass is 474 g/mol. The molecule has 0 saturated carbocycles. The Morgan fingerprint density at radius 3 is 2.46 bits per heavy atom. The number of hydrogen-bond acceptors (Lipinski definition) is 6. The molecule has 178 valence electrons. The average molecular weight is 474 g/mol. The van der Waals surface area contributed by atoms with Crippen LogP contribution < -0.4 is 11.1 Å². The number of nitrogens with zero attached hydrogens (tertiary/aromatic N) is 4. The highest BCUT2D eigenvalue weighted by atomic mass is 19.1. The van der Waals surface area contributed by atoms with E-state index < -0.39 is 4.92 Å². The Hall–Kier alpha value is -4.60. The SMILES string of the molecule is Nc1ccc(-c2ccc(F)cc2)cc1NC(=O)CCc1cn(CCc2ccc([N+](=O)[O-])cc2)nn1. The summed E-state index contributed by atoms with van der Waals surface area (Å²) < 4.78 is 14.9. The van der Waals surface area contributed by atoms with Crippen LogP contribution in [-0.2, 0) is 24.2 Å². The van der Waals surface area contributed by atoms with Gasteiger partial charge < -0.3 is 11.1 Å². The Morgan fingerprint density at radius 1 is 1.03 bits per heavy atom. The highest BCUT2D eigenvalue weighted by molar-refractivity contribution is 5.95. The third-order valence-corrected chi connectivity index (χ3v) is 5.48. The quantitative estimate of drug-likeness (QED) is 0.210. The molecule has 35 heavy (non-hydrogen) atoms. The van der Waals surface area contributed by atoms with Gasteiger partial charge in [0.1, 0.15) is 5.82 Å². The van der Waals surface area contributed by atoms with Crippen LogP contribution in [0.2, 0.25) is 0 Å². The van der Waals surface area contributed by atoms with Gasteiger partial charge in [-0.05, 0) is 47.4 Å². The third-order valence-electron chi connectivity index (χ3n) is 5.48. The van der Waals surface area contributed by atoms with Crippen molar-refractivity contribution in [3.8, 4) is 11.1 Å². The van der Waals surface area contributed by atoms with E-state index in [2.05, 4.69) is 15.6 Å². The number of nitrogens with one attached hydrogen (secondary N) is 1. The first-order valence-corrected chi connectivity index (χ1v) is 10.9.